The summed E-state index contributed by atoms with van der Waals surface area (Å²) in [5, 5.41) is 4.19. The number of methoxy groups -OCH3 is 1. The number of halogens is 4. The van der Waals surface area contributed by atoms with Gasteiger partial charge >= 0.3 is 16.3 Å². The van der Waals surface area contributed by atoms with Gasteiger partial charge in [0.15, 0.2) is 9.90 Å². The van der Waals surface area contributed by atoms with Gasteiger partial charge in [0.2, 0.25) is 0 Å². The summed E-state index contributed by atoms with van der Waals surface area (Å²) in [4.78, 5) is 5.08. The molecule has 226 valence electrons. The molecule has 0 aliphatic carbocycles. The molecule has 5 rings (SSSR count). The van der Waals surface area contributed by atoms with E-state index >= 15 is 0 Å². The third-order valence-electron chi connectivity index (χ3n) is 6.50. The second kappa shape index (κ2) is 11.9. The Bertz CT molecular complexity index is 1940. The van der Waals surface area contributed by atoms with E-state index in [-0.39, 0.29) is 51.9 Å². The Morgan fingerprint density at radius 1 is 1.05 bits per heavy atom. The predicted octanol–water partition coefficient (Wildman–Crippen LogP) is 7.44. The summed E-state index contributed by atoms with van der Waals surface area (Å²) in [5.74, 6) is 0.266. The first-order chi connectivity index (χ1) is 20.3. The van der Waals surface area contributed by atoms with E-state index in [0.29, 0.717) is 32.3 Å². The summed E-state index contributed by atoms with van der Waals surface area (Å²) in [6, 6.07) is 14.5. The first-order valence-electron chi connectivity index (χ1n) is 12.8. The predicted molar refractivity (Wildman–Crippen MR) is 158 cm³/mol. The molecule has 0 fully saturated rings. The highest BCUT2D eigenvalue weighted by atomic mass is 35.5. The van der Waals surface area contributed by atoms with Crippen molar-refractivity contribution in [2.75, 3.05) is 20.3 Å². The van der Waals surface area contributed by atoms with Crippen LogP contribution in [0.3, 0.4) is 0 Å². The Balaban J connectivity index is 1.65. The van der Waals surface area contributed by atoms with Crippen LogP contribution in [-0.2, 0) is 27.6 Å². The second-order valence-electron chi connectivity index (χ2n) is 9.73. The maximum Gasteiger partial charge on any atom is 0.435 e. The van der Waals surface area contributed by atoms with E-state index in [0.717, 1.165) is 11.3 Å². The highest BCUT2D eigenvalue weighted by Gasteiger charge is 2.38. The number of alkyl halides is 3. The van der Waals surface area contributed by atoms with E-state index in [2.05, 4.69) is 10.1 Å². The lowest BCUT2D eigenvalue weighted by Gasteiger charge is -2.14. The Labute approximate surface area is 254 Å². The van der Waals surface area contributed by atoms with Crippen LogP contribution < -0.4 is 4.74 Å². The van der Waals surface area contributed by atoms with E-state index in [4.69, 9.17) is 21.1 Å². The van der Waals surface area contributed by atoms with Gasteiger partial charge in [-0.05, 0) is 49.7 Å². The van der Waals surface area contributed by atoms with Gasteiger partial charge in [-0.1, -0.05) is 35.9 Å². The molecule has 1 N–H and O–H groups in total. The molecule has 0 aliphatic rings. The number of pyridine rings is 1. The fraction of sp³-hybridized carbons (Fsp3) is 0.241. The summed E-state index contributed by atoms with van der Waals surface area (Å²) in [6.07, 6.45) is -4.77. The minimum Gasteiger partial charge on any atom is -0.491 e. The number of benzene rings is 2. The van der Waals surface area contributed by atoms with Crippen molar-refractivity contribution in [2.24, 2.45) is 0 Å². The zero-order chi connectivity index (χ0) is 31.1. The first-order valence-corrected chi connectivity index (χ1v) is 15.4. The van der Waals surface area contributed by atoms with Gasteiger partial charge in [-0.25, -0.2) is 0 Å². The number of rotatable bonds is 9. The smallest absolute Gasteiger partial charge is 0.435 e. The average molecular weight is 652 g/mol. The second-order valence-corrected chi connectivity index (χ2v) is 13.0. The zero-order valence-electron chi connectivity index (χ0n) is 23.1. The molecule has 0 atom stereocenters. The van der Waals surface area contributed by atoms with Crippen LogP contribution in [0, 0.1) is 13.8 Å². The molecule has 2 aromatic carbocycles. The maximum absolute atomic E-state index is 14.3. The SMILES string of the molecule is COCCOc1cc(Cn2nc(C(F)(F)F)c3c(-c4cccc(Cl)c4)nc(C)cc32)ccc1-c1cc(C)sc1S(=O)(=O)O. The lowest BCUT2D eigenvalue weighted by Crippen LogP contribution is -2.09. The van der Waals surface area contributed by atoms with Gasteiger partial charge in [-0.2, -0.15) is 26.7 Å². The zero-order valence-corrected chi connectivity index (χ0v) is 25.5. The van der Waals surface area contributed by atoms with Crippen molar-refractivity contribution in [2.45, 2.75) is 30.8 Å². The minimum absolute atomic E-state index is 0.0697. The number of hydrogen-bond donors (Lipinski definition) is 1. The van der Waals surface area contributed by atoms with Crippen LogP contribution in [-0.4, -0.2) is 48.1 Å². The van der Waals surface area contributed by atoms with E-state index in [1.807, 2.05) is 0 Å². The monoisotopic (exact) mass is 651 g/mol. The molecular weight excluding hydrogens is 627 g/mol. The number of aryl methyl sites for hydroxylation is 2. The molecule has 0 aliphatic heterocycles. The summed E-state index contributed by atoms with van der Waals surface area (Å²) in [5.41, 5.74) is 1.34. The first kappa shape index (κ1) is 31.0. The van der Waals surface area contributed by atoms with E-state index < -0.39 is 22.0 Å². The Morgan fingerprint density at radius 3 is 2.49 bits per heavy atom. The van der Waals surface area contributed by atoms with Crippen LogP contribution in [0.25, 0.3) is 33.3 Å². The van der Waals surface area contributed by atoms with Crippen LogP contribution >= 0.6 is 22.9 Å². The van der Waals surface area contributed by atoms with Crippen molar-refractivity contribution < 1.29 is 35.6 Å². The molecular formula is C29H25ClF3N3O5S2. The molecule has 0 spiro atoms. The summed E-state index contributed by atoms with van der Waals surface area (Å²) < 4.78 is 89.0. The largest absolute Gasteiger partial charge is 0.491 e. The highest BCUT2D eigenvalue weighted by molar-refractivity contribution is 7.88. The van der Waals surface area contributed by atoms with Crippen LogP contribution in [0.4, 0.5) is 13.2 Å². The molecule has 3 heterocycles. The van der Waals surface area contributed by atoms with Gasteiger partial charge in [0, 0.05) is 39.4 Å². The van der Waals surface area contributed by atoms with Crippen molar-refractivity contribution in [3.8, 4) is 28.1 Å². The highest BCUT2D eigenvalue weighted by Crippen LogP contribution is 2.42. The standard InChI is InChI=1S/C29H25ClF3N3O5S2/c1-16-11-23-25(26(34-16)19-5-4-6-20(30)14-19)27(29(31,32)33)35-36(23)15-18-7-8-21(24(13-18)41-10-9-40-3)22-12-17(2)42-28(22)43(37,38)39/h4-8,11-14H,9-10,15H2,1-3H3,(H,37,38,39). The Hall–Kier alpha value is -3.49. The Kier molecular flexibility index (Phi) is 8.56. The third kappa shape index (κ3) is 6.55. The normalized spacial score (nSPS) is 12.3. The van der Waals surface area contributed by atoms with E-state index in [9.17, 15) is 26.1 Å². The fourth-order valence-electron chi connectivity index (χ4n) is 4.77. The molecule has 8 nitrogen and oxygen atoms in total. The minimum atomic E-state index is -4.77. The summed E-state index contributed by atoms with van der Waals surface area (Å²) >= 11 is 7.06. The molecule has 14 heteroatoms. The van der Waals surface area contributed by atoms with Crippen LogP contribution in [0.15, 0.2) is 58.8 Å². The van der Waals surface area contributed by atoms with Crippen molar-refractivity contribution in [1.29, 1.82) is 0 Å². The summed E-state index contributed by atoms with van der Waals surface area (Å²) in [6.45, 7) is 3.67. The molecule has 0 radical (unpaired) electrons. The third-order valence-corrected chi connectivity index (χ3v) is 9.15. The molecule has 3 aromatic heterocycles. The van der Waals surface area contributed by atoms with Crippen molar-refractivity contribution in [1.82, 2.24) is 14.8 Å². The molecule has 0 bridgehead atoms. The van der Waals surface area contributed by atoms with Crippen LogP contribution in [0.1, 0.15) is 21.8 Å². The Morgan fingerprint density at radius 2 is 1.81 bits per heavy atom. The van der Waals surface area contributed by atoms with Gasteiger partial charge in [0.25, 0.3) is 0 Å². The summed E-state index contributed by atoms with van der Waals surface area (Å²) in [7, 11) is -3.03. The van der Waals surface area contributed by atoms with Crippen molar-refractivity contribution in [3.63, 3.8) is 0 Å². The lowest BCUT2D eigenvalue weighted by atomic mass is 10.0. The molecule has 5 aromatic rings. The van der Waals surface area contributed by atoms with Crippen LogP contribution in [0.2, 0.25) is 5.02 Å². The number of aromatic nitrogens is 3. The van der Waals surface area contributed by atoms with Gasteiger partial charge in [-0.15, -0.1) is 11.3 Å². The van der Waals surface area contributed by atoms with Gasteiger partial charge in [0.1, 0.15) is 12.4 Å². The van der Waals surface area contributed by atoms with Gasteiger partial charge in [0.05, 0.1) is 29.7 Å². The average Bonchev–Trinajstić information content (AvgIpc) is 3.49. The number of thiophene rings is 1. The molecule has 43 heavy (non-hydrogen) atoms. The number of ether oxygens (including phenoxy) is 2. The molecule has 0 saturated heterocycles. The van der Waals surface area contributed by atoms with Crippen LogP contribution in [0.5, 0.6) is 5.75 Å². The van der Waals surface area contributed by atoms with Crippen molar-refractivity contribution in [3.05, 3.63) is 81.4 Å². The quantitative estimate of drug-likeness (QED) is 0.131. The number of hydrogen-bond acceptors (Lipinski definition) is 7. The number of fused-ring (bicyclic) bond motifs is 1. The molecule has 0 unspecified atom stereocenters. The number of nitrogens with zero attached hydrogens (tertiary/aromatic N) is 3. The lowest BCUT2D eigenvalue weighted by molar-refractivity contribution is -0.140. The van der Waals surface area contributed by atoms with Gasteiger partial charge < -0.3 is 9.47 Å². The van der Waals surface area contributed by atoms with E-state index in [1.165, 1.54) is 11.8 Å². The van der Waals surface area contributed by atoms with E-state index in [1.54, 1.807) is 68.4 Å². The topological polar surface area (TPSA) is 104 Å². The van der Waals surface area contributed by atoms with Gasteiger partial charge in [-0.3, -0.25) is 14.2 Å². The molecule has 0 saturated carbocycles. The van der Waals surface area contributed by atoms with Crippen molar-refractivity contribution >= 4 is 44.0 Å². The fourth-order valence-corrected chi connectivity index (χ4v) is 6.97. The maximum atomic E-state index is 14.3. The molecule has 0 amide bonds.